The van der Waals surface area contributed by atoms with Crippen molar-refractivity contribution in [2.24, 2.45) is 0 Å². The third-order valence-corrected chi connectivity index (χ3v) is 2.68. The van der Waals surface area contributed by atoms with Crippen LogP contribution >= 0.6 is 0 Å². The summed E-state index contributed by atoms with van der Waals surface area (Å²) in [5, 5.41) is 7.47. The Labute approximate surface area is 112 Å². The van der Waals surface area contributed by atoms with Crippen LogP contribution in [0.1, 0.15) is 24.1 Å². The van der Waals surface area contributed by atoms with Crippen LogP contribution in [0, 0.1) is 13.8 Å². The highest BCUT2D eigenvalue weighted by atomic mass is 16.5. The molecule has 2 aromatic rings. The molecule has 2 aromatic heterocycles. The molecule has 6 nitrogen and oxygen atoms in total. The lowest BCUT2D eigenvalue weighted by Crippen LogP contribution is -2.09. The molecule has 0 aliphatic carbocycles. The van der Waals surface area contributed by atoms with Crippen molar-refractivity contribution in [3.8, 4) is 5.82 Å². The molecule has 2 rings (SSSR count). The molecule has 19 heavy (non-hydrogen) atoms. The van der Waals surface area contributed by atoms with E-state index in [1.54, 1.807) is 0 Å². The van der Waals surface area contributed by atoms with Crippen LogP contribution in [0.3, 0.4) is 0 Å². The lowest BCUT2D eigenvalue weighted by Gasteiger charge is -2.09. The minimum atomic E-state index is 0.401. The van der Waals surface area contributed by atoms with E-state index in [1.807, 2.05) is 44.6 Å². The number of aromatic nitrogens is 4. The number of ether oxygens (including phenoxy) is 1. The van der Waals surface area contributed by atoms with Crippen molar-refractivity contribution in [1.29, 1.82) is 0 Å². The summed E-state index contributed by atoms with van der Waals surface area (Å²) in [5.41, 5.74) is 2.01. The molecule has 0 saturated carbocycles. The van der Waals surface area contributed by atoms with E-state index in [0.29, 0.717) is 19.0 Å². The number of aryl methyl sites for hydroxylation is 2. The summed E-state index contributed by atoms with van der Waals surface area (Å²) >= 11 is 0. The lowest BCUT2D eigenvalue weighted by atomic mass is 10.4. The molecule has 0 aliphatic rings. The Balaban J connectivity index is 2.41. The number of rotatable bonds is 5. The molecule has 0 amide bonds. The number of hydrogen-bond donors (Lipinski definition) is 1. The smallest absolute Gasteiger partial charge is 0.159 e. The van der Waals surface area contributed by atoms with Crippen LogP contribution in [-0.2, 0) is 11.3 Å². The zero-order valence-electron chi connectivity index (χ0n) is 11.8. The molecule has 0 aliphatic heterocycles. The van der Waals surface area contributed by atoms with Gasteiger partial charge in [-0.05, 0) is 26.8 Å². The first-order valence-electron chi connectivity index (χ1n) is 6.31. The fourth-order valence-electron chi connectivity index (χ4n) is 1.84. The second kappa shape index (κ2) is 5.79. The summed E-state index contributed by atoms with van der Waals surface area (Å²) in [6, 6.07) is 3.89. The van der Waals surface area contributed by atoms with Crippen LogP contribution in [0.2, 0.25) is 0 Å². The predicted octanol–water partition coefficient (Wildman–Crippen LogP) is 1.86. The number of nitrogens with zero attached hydrogens (tertiary/aromatic N) is 4. The molecule has 2 heterocycles. The Morgan fingerprint density at radius 1 is 1.26 bits per heavy atom. The lowest BCUT2D eigenvalue weighted by molar-refractivity contribution is 0.128. The first kappa shape index (κ1) is 13.5. The maximum atomic E-state index is 5.36. The van der Waals surface area contributed by atoms with Crippen LogP contribution in [0.25, 0.3) is 5.82 Å². The maximum absolute atomic E-state index is 5.36. The molecule has 0 saturated heterocycles. The van der Waals surface area contributed by atoms with E-state index in [0.717, 1.165) is 23.0 Å². The third-order valence-electron chi connectivity index (χ3n) is 2.68. The fourth-order valence-corrected chi connectivity index (χ4v) is 1.84. The fraction of sp³-hybridized carbons (Fsp3) is 0.462. The van der Waals surface area contributed by atoms with E-state index < -0.39 is 0 Å². The van der Waals surface area contributed by atoms with Crippen molar-refractivity contribution in [2.45, 2.75) is 27.4 Å². The van der Waals surface area contributed by atoms with Gasteiger partial charge in [0.2, 0.25) is 0 Å². The van der Waals surface area contributed by atoms with Crippen molar-refractivity contribution in [3.63, 3.8) is 0 Å². The Morgan fingerprint density at radius 2 is 2.05 bits per heavy atom. The molecule has 6 heteroatoms. The van der Waals surface area contributed by atoms with Crippen LogP contribution in [0.5, 0.6) is 0 Å². The highest BCUT2D eigenvalue weighted by Crippen LogP contribution is 2.14. The molecule has 1 N–H and O–H groups in total. The first-order chi connectivity index (χ1) is 9.13. The summed E-state index contributed by atoms with van der Waals surface area (Å²) in [7, 11) is 1.83. The average Bonchev–Trinajstić information content (AvgIpc) is 2.75. The van der Waals surface area contributed by atoms with Gasteiger partial charge in [-0.1, -0.05) is 0 Å². The Hall–Kier alpha value is -1.95. The minimum Gasteiger partial charge on any atom is -0.374 e. The topological polar surface area (TPSA) is 64.9 Å². The van der Waals surface area contributed by atoms with Crippen molar-refractivity contribution in [3.05, 3.63) is 29.3 Å². The Morgan fingerprint density at radius 3 is 2.63 bits per heavy atom. The zero-order valence-corrected chi connectivity index (χ0v) is 11.8. The van der Waals surface area contributed by atoms with Crippen molar-refractivity contribution in [2.75, 3.05) is 19.0 Å². The van der Waals surface area contributed by atoms with Gasteiger partial charge in [-0.15, -0.1) is 0 Å². The zero-order chi connectivity index (χ0) is 13.8. The summed E-state index contributed by atoms with van der Waals surface area (Å²) in [6.07, 6.45) is 0. The van der Waals surface area contributed by atoms with E-state index in [9.17, 15) is 0 Å². The minimum absolute atomic E-state index is 0.401. The normalized spacial score (nSPS) is 10.7. The van der Waals surface area contributed by atoms with E-state index in [2.05, 4.69) is 20.4 Å². The largest absolute Gasteiger partial charge is 0.374 e. The standard InChI is InChI=1S/C13H19N5O/c1-5-19-8-12-15-11(14-4)7-13(16-12)18-10(3)6-9(2)17-18/h6-7H,5,8H2,1-4H3,(H,14,15,16). The highest BCUT2D eigenvalue weighted by molar-refractivity contribution is 5.41. The summed E-state index contributed by atoms with van der Waals surface area (Å²) < 4.78 is 7.18. The maximum Gasteiger partial charge on any atom is 0.159 e. The van der Waals surface area contributed by atoms with Gasteiger partial charge in [0.1, 0.15) is 12.4 Å². The average molecular weight is 261 g/mol. The van der Waals surface area contributed by atoms with Gasteiger partial charge in [-0.25, -0.2) is 14.6 Å². The summed E-state index contributed by atoms with van der Waals surface area (Å²) in [6.45, 7) is 6.96. The van der Waals surface area contributed by atoms with E-state index in [-0.39, 0.29) is 0 Å². The Bertz CT molecular complexity index is 564. The van der Waals surface area contributed by atoms with Crippen LogP contribution in [0.4, 0.5) is 5.82 Å². The molecule has 102 valence electrons. The van der Waals surface area contributed by atoms with Crippen molar-refractivity contribution >= 4 is 5.82 Å². The SMILES string of the molecule is CCOCc1nc(NC)cc(-n2nc(C)cc2C)n1. The molecule has 0 radical (unpaired) electrons. The molecular formula is C13H19N5O. The monoisotopic (exact) mass is 261 g/mol. The van der Waals surface area contributed by atoms with Gasteiger partial charge in [0, 0.05) is 25.4 Å². The molecule has 0 bridgehead atoms. The van der Waals surface area contributed by atoms with Crippen LogP contribution < -0.4 is 5.32 Å². The van der Waals surface area contributed by atoms with Gasteiger partial charge in [-0.2, -0.15) is 5.10 Å². The van der Waals surface area contributed by atoms with Crippen molar-refractivity contribution < 1.29 is 4.74 Å². The van der Waals surface area contributed by atoms with E-state index in [4.69, 9.17) is 4.74 Å². The van der Waals surface area contributed by atoms with E-state index in [1.165, 1.54) is 0 Å². The van der Waals surface area contributed by atoms with Crippen LogP contribution in [0.15, 0.2) is 12.1 Å². The third kappa shape index (κ3) is 3.08. The molecule has 0 atom stereocenters. The summed E-state index contributed by atoms with van der Waals surface area (Å²) in [4.78, 5) is 8.85. The van der Waals surface area contributed by atoms with Crippen LogP contribution in [-0.4, -0.2) is 33.4 Å². The molecule has 0 fully saturated rings. The first-order valence-corrected chi connectivity index (χ1v) is 6.31. The summed E-state index contributed by atoms with van der Waals surface area (Å²) in [5.74, 6) is 2.16. The number of hydrogen-bond acceptors (Lipinski definition) is 5. The molecular weight excluding hydrogens is 242 g/mol. The molecule has 0 unspecified atom stereocenters. The molecule has 0 spiro atoms. The van der Waals surface area contributed by atoms with E-state index >= 15 is 0 Å². The second-order valence-electron chi connectivity index (χ2n) is 4.25. The predicted molar refractivity (Wildman–Crippen MR) is 73.5 cm³/mol. The van der Waals surface area contributed by atoms with Gasteiger partial charge in [-0.3, -0.25) is 0 Å². The van der Waals surface area contributed by atoms with Crippen molar-refractivity contribution in [1.82, 2.24) is 19.7 Å². The van der Waals surface area contributed by atoms with Gasteiger partial charge in [0.05, 0.1) is 5.69 Å². The second-order valence-corrected chi connectivity index (χ2v) is 4.25. The van der Waals surface area contributed by atoms with Gasteiger partial charge in [0.15, 0.2) is 11.6 Å². The number of nitrogens with one attached hydrogen (secondary N) is 1. The van der Waals surface area contributed by atoms with Gasteiger partial charge >= 0.3 is 0 Å². The van der Waals surface area contributed by atoms with Gasteiger partial charge < -0.3 is 10.1 Å². The highest BCUT2D eigenvalue weighted by Gasteiger charge is 2.09. The molecule has 0 aromatic carbocycles. The van der Waals surface area contributed by atoms with Gasteiger partial charge in [0.25, 0.3) is 0 Å². The number of anilines is 1. The quantitative estimate of drug-likeness (QED) is 0.890. The Kier molecular flexibility index (Phi) is 4.11.